The second kappa shape index (κ2) is 8.64. The lowest BCUT2D eigenvalue weighted by Crippen LogP contribution is -3.16. The van der Waals surface area contributed by atoms with Gasteiger partial charge in [-0.05, 0) is 37.8 Å². The first-order valence-electron chi connectivity index (χ1n) is 11.1. The van der Waals surface area contributed by atoms with E-state index in [0.29, 0.717) is 13.0 Å². The van der Waals surface area contributed by atoms with Gasteiger partial charge in [-0.25, -0.2) is 8.42 Å². The summed E-state index contributed by atoms with van der Waals surface area (Å²) in [5.74, 6) is 0.556. The van der Waals surface area contributed by atoms with E-state index in [2.05, 4.69) is 36.1 Å². The molecular formula is C22H34N3O3S+. The van der Waals surface area contributed by atoms with Crippen molar-refractivity contribution >= 4 is 21.4 Å². The van der Waals surface area contributed by atoms with E-state index in [9.17, 15) is 13.2 Å². The SMILES string of the molecule is Cc1ccccc1N1CC[NH+](CC(=O)N(C2CCCC2)[C@H]2CCS(=O)(=O)C2)CC1. The van der Waals surface area contributed by atoms with Gasteiger partial charge in [0, 0.05) is 17.8 Å². The predicted octanol–water partition coefficient (Wildman–Crippen LogP) is 0.658. The molecule has 4 rings (SSSR count). The van der Waals surface area contributed by atoms with Crippen molar-refractivity contribution in [3.63, 3.8) is 0 Å². The molecule has 0 radical (unpaired) electrons. The summed E-state index contributed by atoms with van der Waals surface area (Å²) in [7, 11) is -2.99. The molecule has 3 aliphatic rings. The van der Waals surface area contributed by atoms with Gasteiger partial charge in [-0.1, -0.05) is 31.0 Å². The minimum Gasteiger partial charge on any atom is -0.360 e. The second-order valence-corrected chi connectivity index (χ2v) is 11.2. The zero-order valence-electron chi connectivity index (χ0n) is 17.5. The molecule has 1 N–H and O–H groups in total. The maximum atomic E-state index is 13.3. The fourth-order valence-corrected chi connectivity index (χ4v) is 7.06. The van der Waals surface area contributed by atoms with Gasteiger partial charge in [0.15, 0.2) is 16.4 Å². The summed E-state index contributed by atoms with van der Waals surface area (Å²) >= 11 is 0. The maximum Gasteiger partial charge on any atom is 0.278 e. The summed E-state index contributed by atoms with van der Waals surface area (Å²) in [6.07, 6.45) is 4.96. The van der Waals surface area contributed by atoms with Gasteiger partial charge in [0.25, 0.3) is 5.91 Å². The highest BCUT2D eigenvalue weighted by Crippen LogP contribution is 2.29. The highest BCUT2D eigenvalue weighted by molar-refractivity contribution is 7.91. The highest BCUT2D eigenvalue weighted by Gasteiger charge is 2.40. The number of para-hydroxylation sites is 1. The Kier molecular flexibility index (Phi) is 6.16. The number of rotatable bonds is 5. The number of carbonyl (C=O) groups excluding carboxylic acids is 1. The molecule has 0 bridgehead atoms. The van der Waals surface area contributed by atoms with E-state index >= 15 is 0 Å². The predicted molar refractivity (Wildman–Crippen MR) is 115 cm³/mol. The van der Waals surface area contributed by atoms with E-state index < -0.39 is 9.84 Å². The molecule has 1 aromatic rings. The van der Waals surface area contributed by atoms with Crippen molar-refractivity contribution in [3.05, 3.63) is 29.8 Å². The molecular weight excluding hydrogens is 386 g/mol. The number of anilines is 1. The van der Waals surface area contributed by atoms with Crippen molar-refractivity contribution in [1.29, 1.82) is 0 Å². The molecule has 3 fully saturated rings. The average molecular weight is 421 g/mol. The van der Waals surface area contributed by atoms with E-state index in [1.807, 2.05) is 4.90 Å². The Labute approximate surface area is 174 Å². The monoisotopic (exact) mass is 420 g/mol. The molecule has 0 unspecified atom stereocenters. The van der Waals surface area contributed by atoms with Crippen LogP contribution in [0.15, 0.2) is 24.3 Å². The Bertz CT molecular complexity index is 827. The summed E-state index contributed by atoms with van der Waals surface area (Å²) < 4.78 is 24.0. The van der Waals surface area contributed by atoms with Crippen molar-refractivity contribution in [2.24, 2.45) is 0 Å². The third-order valence-corrected chi connectivity index (χ3v) is 8.69. The molecule has 1 saturated carbocycles. The normalized spacial score (nSPS) is 25.4. The van der Waals surface area contributed by atoms with Gasteiger partial charge >= 0.3 is 0 Å². The van der Waals surface area contributed by atoms with Gasteiger partial charge < -0.3 is 14.7 Å². The summed E-state index contributed by atoms with van der Waals surface area (Å²) in [6, 6.07) is 8.61. The second-order valence-electron chi connectivity index (χ2n) is 9.00. The highest BCUT2D eigenvalue weighted by atomic mass is 32.2. The molecule has 1 aromatic carbocycles. The topological polar surface area (TPSA) is 62.1 Å². The quantitative estimate of drug-likeness (QED) is 0.760. The molecule has 160 valence electrons. The number of aryl methyl sites for hydroxylation is 1. The first-order valence-corrected chi connectivity index (χ1v) is 12.9. The van der Waals surface area contributed by atoms with Crippen molar-refractivity contribution < 1.29 is 18.1 Å². The minimum atomic E-state index is -2.99. The minimum absolute atomic E-state index is 0.108. The average Bonchev–Trinajstić information content (AvgIpc) is 3.33. The number of hydrogen-bond acceptors (Lipinski definition) is 4. The number of benzene rings is 1. The molecule has 7 heteroatoms. The van der Waals surface area contributed by atoms with Crippen LogP contribution in [-0.4, -0.2) is 75.5 Å². The fourth-order valence-electron chi connectivity index (χ4n) is 5.35. The number of nitrogens with zero attached hydrogens (tertiary/aromatic N) is 2. The van der Waals surface area contributed by atoms with Crippen LogP contribution in [0.2, 0.25) is 0 Å². The first kappa shape index (κ1) is 20.7. The van der Waals surface area contributed by atoms with Crippen molar-refractivity contribution in [3.8, 4) is 0 Å². The first-order chi connectivity index (χ1) is 13.9. The lowest BCUT2D eigenvalue weighted by atomic mass is 10.1. The molecule has 2 saturated heterocycles. The van der Waals surface area contributed by atoms with Crippen LogP contribution in [0.1, 0.15) is 37.7 Å². The zero-order chi connectivity index (χ0) is 20.4. The molecule has 1 amide bonds. The Balaban J connectivity index is 1.37. The van der Waals surface area contributed by atoms with Crippen LogP contribution in [0.4, 0.5) is 5.69 Å². The van der Waals surface area contributed by atoms with Crippen molar-refractivity contribution in [1.82, 2.24) is 4.90 Å². The molecule has 2 aliphatic heterocycles. The number of hydrogen-bond donors (Lipinski definition) is 1. The van der Waals surface area contributed by atoms with Crippen LogP contribution in [0.5, 0.6) is 0 Å². The lowest BCUT2D eigenvalue weighted by Gasteiger charge is -2.37. The van der Waals surface area contributed by atoms with Gasteiger partial charge in [-0.3, -0.25) is 4.79 Å². The van der Waals surface area contributed by atoms with Crippen LogP contribution in [0, 0.1) is 6.92 Å². The number of piperazine rings is 1. The third kappa shape index (κ3) is 4.77. The van der Waals surface area contributed by atoms with Crippen LogP contribution >= 0.6 is 0 Å². The van der Waals surface area contributed by atoms with Crippen LogP contribution in [-0.2, 0) is 14.6 Å². The van der Waals surface area contributed by atoms with Crippen molar-refractivity contribution in [2.75, 3.05) is 49.1 Å². The van der Waals surface area contributed by atoms with Crippen LogP contribution in [0.25, 0.3) is 0 Å². The summed E-state index contributed by atoms with van der Waals surface area (Å²) in [4.78, 5) is 19.0. The Morgan fingerprint density at radius 2 is 1.79 bits per heavy atom. The van der Waals surface area contributed by atoms with Gasteiger partial charge in [-0.2, -0.15) is 0 Å². The summed E-state index contributed by atoms with van der Waals surface area (Å²) in [5.41, 5.74) is 2.59. The standard InChI is InChI=1S/C22H33N3O3S/c1-18-6-2-5-9-21(18)24-13-11-23(12-14-24)16-22(26)25(19-7-3-4-8-19)20-10-15-29(27,28)17-20/h2,5-6,9,19-20H,3-4,7-8,10-17H2,1H3/p+1/t20-/m0/s1. The van der Waals surface area contributed by atoms with E-state index in [0.717, 1.165) is 51.9 Å². The van der Waals surface area contributed by atoms with Gasteiger partial charge in [0.05, 0.1) is 37.7 Å². The number of sulfone groups is 1. The zero-order valence-corrected chi connectivity index (χ0v) is 18.3. The van der Waals surface area contributed by atoms with Crippen LogP contribution < -0.4 is 9.80 Å². The third-order valence-electron chi connectivity index (χ3n) is 6.94. The Morgan fingerprint density at radius 1 is 1.10 bits per heavy atom. The molecule has 1 atom stereocenters. The molecule has 0 spiro atoms. The summed E-state index contributed by atoms with van der Waals surface area (Å²) in [5, 5.41) is 0. The molecule has 0 aromatic heterocycles. The van der Waals surface area contributed by atoms with Gasteiger partial charge in [-0.15, -0.1) is 0 Å². The number of quaternary nitrogens is 1. The van der Waals surface area contributed by atoms with Crippen molar-refractivity contribution in [2.45, 2.75) is 51.1 Å². The van der Waals surface area contributed by atoms with E-state index in [1.165, 1.54) is 16.2 Å². The molecule has 1 aliphatic carbocycles. The number of nitrogens with one attached hydrogen (secondary N) is 1. The summed E-state index contributed by atoms with van der Waals surface area (Å²) in [6.45, 7) is 6.44. The van der Waals surface area contributed by atoms with Crippen LogP contribution in [0.3, 0.4) is 0 Å². The Morgan fingerprint density at radius 3 is 2.41 bits per heavy atom. The van der Waals surface area contributed by atoms with Gasteiger partial charge in [0.1, 0.15) is 0 Å². The smallest absolute Gasteiger partial charge is 0.278 e. The molecule has 6 nitrogen and oxygen atoms in total. The number of amides is 1. The van der Waals surface area contributed by atoms with Gasteiger partial charge in [0.2, 0.25) is 0 Å². The number of carbonyl (C=O) groups is 1. The fraction of sp³-hybridized carbons (Fsp3) is 0.682. The molecule has 29 heavy (non-hydrogen) atoms. The largest absolute Gasteiger partial charge is 0.360 e. The van der Waals surface area contributed by atoms with E-state index in [-0.39, 0.29) is 29.5 Å². The lowest BCUT2D eigenvalue weighted by molar-refractivity contribution is -0.892. The maximum absolute atomic E-state index is 13.3. The van der Waals surface area contributed by atoms with E-state index in [4.69, 9.17) is 0 Å². The Hall–Kier alpha value is -1.60. The molecule has 2 heterocycles. The van der Waals surface area contributed by atoms with E-state index in [1.54, 1.807) is 0 Å².